The first-order chi connectivity index (χ1) is 15.3. The molecular formula is C23H18ClFN2O4S. The van der Waals surface area contributed by atoms with Gasteiger partial charge in [-0.2, -0.15) is 5.26 Å². The minimum atomic E-state index is -1.48. The summed E-state index contributed by atoms with van der Waals surface area (Å²) in [6.07, 6.45) is 0. The second kappa shape index (κ2) is 10.4. The maximum Gasteiger partial charge on any atom is 0.341 e. The molecule has 0 saturated heterocycles. The smallest absolute Gasteiger partial charge is 0.341 e. The van der Waals surface area contributed by atoms with Crippen LogP contribution >= 0.6 is 11.6 Å². The van der Waals surface area contributed by atoms with Gasteiger partial charge in [-0.1, -0.05) is 23.7 Å². The zero-order chi connectivity index (χ0) is 23.3. The summed E-state index contributed by atoms with van der Waals surface area (Å²) >= 11 is 5.99. The quantitative estimate of drug-likeness (QED) is 0.516. The van der Waals surface area contributed by atoms with Crippen LogP contribution in [-0.2, 0) is 22.3 Å². The van der Waals surface area contributed by atoms with E-state index in [4.69, 9.17) is 26.7 Å². The SMILES string of the molecule is CN(Cc1ccc(OCC(=O)O)c(-c2cc(F)cc(C#N)c2)c1)S(=O)c1cccc(Cl)c1. The Morgan fingerprint density at radius 1 is 1.22 bits per heavy atom. The van der Waals surface area contributed by atoms with Crippen LogP contribution in [0.4, 0.5) is 4.39 Å². The number of nitrogens with zero attached hydrogens (tertiary/aromatic N) is 2. The summed E-state index contributed by atoms with van der Waals surface area (Å²) in [6.45, 7) is -0.308. The fourth-order valence-electron chi connectivity index (χ4n) is 3.05. The summed E-state index contributed by atoms with van der Waals surface area (Å²) in [7, 11) is 0.205. The Kier molecular flexibility index (Phi) is 7.59. The van der Waals surface area contributed by atoms with Crippen LogP contribution in [0.3, 0.4) is 0 Å². The van der Waals surface area contributed by atoms with Crippen LogP contribution in [0.15, 0.2) is 65.6 Å². The van der Waals surface area contributed by atoms with Crippen molar-refractivity contribution in [3.8, 4) is 22.9 Å². The third-order valence-corrected chi connectivity index (χ3v) is 6.01. The first-order valence-corrected chi connectivity index (χ1v) is 10.8. The van der Waals surface area contributed by atoms with Gasteiger partial charge in [0.2, 0.25) is 0 Å². The monoisotopic (exact) mass is 472 g/mol. The molecule has 3 aromatic rings. The number of rotatable bonds is 8. The standard InChI is InChI=1S/C23H18ClFN2O4S/c1-27(32(30)20-4-2-3-18(24)11-20)13-15-5-6-22(31-14-23(28)29)21(9-15)17-7-16(12-26)8-19(25)10-17/h2-11H,13-14H2,1H3,(H,28,29). The molecule has 0 spiro atoms. The summed E-state index contributed by atoms with van der Waals surface area (Å²) in [5.74, 6) is -1.54. The van der Waals surface area contributed by atoms with E-state index >= 15 is 0 Å². The minimum absolute atomic E-state index is 0.119. The van der Waals surface area contributed by atoms with E-state index in [1.54, 1.807) is 53.8 Å². The van der Waals surface area contributed by atoms with Gasteiger partial charge in [0.25, 0.3) is 0 Å². The van der Waals surface area contributed by atoms with Crippen molar-refractivity contribution in [3.05, 3.63) is 82.6 Å². The Morgan fingerprint density at radius 3 is 2.69 bits per heavy atom. The molecule has 0 aromatic heterocycles. The van der Waals surface area contributed by atoms with Crippen molar-refractivity contribution < 1.29 is 23.2 Å². The molecule has 9 heteroatoms. The Bertz CT molecular complexity index is 1230. The molecule has 0 saturated carbocycles. The number of ether oxygens (including phenoxy) is 1. The molecule has 3 aromatic carbocycles. The molecular weight excluding hydrogens is 455 g/mol. The van der Waals surface area contributed by atoms with Gasteiger partial charge >= 0.3 is 5.97 Å². The molecule has 1 N–H and O–H groups in total. The molecule has 0 fully saturated rings. The van der Waals surface area contributed by atoms with Crippen molar-refractivity contribution in [2.75, 3.05) is 13.7 Å². The predicted octanol–water partition coefficient (Wildman–Crippen LogP) is 4.64. The summed E-state index contributed by atoms with van der Waals surface area (Å²) in [5.41, 5.74) is 1.63. The Hall–Kier alpha value is -3.25. The van der Waals surface area contributed by atoms with Crippen molar-refractivity contribution >= 4 is 28.6 Å². The molecule has 0 aliphatic heterocycles. The number of halogens is 2. The van der Waals surface area contributed by atoms with E-state index in [2.05, 4.69) is 0 Å². The van der Waals surface area contributed by atoms with Crippen molar-refractivity contribution in [2.24, 2.45) is 0 Å². The largest absolute Gasteiger partial charge is 0.481 e. The zero-order valence-corrected chi connectivity index (χ0v) is 18.5. The predicted molar refractivity (Wildman–Crippen MR) is 119 cm³/mol. The summed E-state index contributed by atoms with van der Waals surface area (Å²) in [5, 5.41) is 18.6. The number of carboxylic acid groups (broad SMARTS) is 1. The van der Waals surface area contributed by atoms with Gasteiger partial charge in [-0.15, -0.1) is 0 Å². The van der Waals surface area contributed by atoms with E-state index in [1.165, 1.54) is 12.1 Å². The molecule has 6 nitrogen and oxygen atoms in total. The number of carbonyl (C=O) groups is 1. The molecule has 0 heterocycles. The molecule has 0 aliphatic carbocycles. The summed E-state index contributed by atoms with van der Waals surface area (Å²) in [6, 6.07) is 17.4. The molecule has 3 rings (SSSR count). The van der Waals surface area contributed by atoms with Gasteiger partial charge in [0.1, 0.15) is 22.6 Å². The van der Waals surface area contributed by atoms with Crippen LogP contribution in [0.25, 0.3) is 11.1 Å². The maximum atomic E-state index is 14.0. The normalized spacial score (nSPS) is 11.7. The van der Waals surface area contributed by atoms with Gasteiger partial charge in [0.05, 0.1) is 16.5 Å². The second-order valence-electron chi connectivity index (χ2n) is 6.85. The molecule has 0 aliphatic rings. The van der Waals surface area contributed by atoms with Gasteiger partial charge in [-0.05, 0) is 59.7 Å². The molecule has 164 valence electrons. The second-order valence-corrected chi connectivity index (χ2v) is 8.88. The molecule has 1 unspecified atom stereocenters. The molecule has 0 radical (unpaired) electrons. The van der Waals surface area contributed by atoms with Crippen molar-refractivity contribution in [3.63, 3.8) is 0 Å². The van der Waals surface area contributed by atoms with E-state index in [9.17, 15) is 13.4 Å². The topological polar surface area (TPSA) is 90.6 Å². The van der Waals surface area contributed by atoms with E-state index in [-0.39, 0.29) is 17.9 Å². The van der Waals surface area contributed by atoms with Gasteiger partial charge in [-0.3, -0.25) is 0 Å². The highest BCUT2D eigenvalue weighted by Crippen LogP contribution is 2.33. The van der Waals surface area contributed by atoms with E-state index < -0.39 is 29.4 Å². The Labute approximate surface area is 192 Å². The third kappa shape index (κ3) is 5.92. The lowest BCUT2D eigenvalue weighted by Crippen LogP contribution is -2.21. The molecule has 0 bridgehead atoms. The lowest BCUT2D eigenvalue weighted by molar-refractivity contribution is -0.139. The van der Waals surface area contributed by atoms with Crippen molar-refractivity contribution in [2.45, 2.75) is 11.4 Å². The van der Waals surface area contributed by atoms with Crippen LogP contribution < -0.4 is 4.74 Å². The fourth-order valence-corrected chi connectivity index (χ4v) is 4.35. The van der Waals surface area contributed by atoms with Crippen LogP contribution in [0.5, 0.6) is 5.75 Å². The highest BCUT2D eigenvalue weighted by molar-refractivity contribution is 7.82. The van der Waals surface area contributed by atoms with Crippen LogP contribution in [0, 0.1) is 17.1 Å². The molecule has 32 heavy (non-hydrogen) atoms. The summed E-state index contributed by atoms with van der Waals surface area (Å²) < 4.78 is 33.8. The minimum Gasteiger partial charge on any atom is -0.481 e. The Morgan fingerprint density at radius 2 is 2.00 bits per heavy atom. The van der Waals surface area contributed by atoms with Crippen molar-refractivity contribution in [1.29, 1.82) is 5.26 Å². The van der Waals surface area contributed by atoms with Crippen LogP contribution in [0.1, 0.15) is 11.1 Å². The van der Waals surface area contributed by atoms with Gasteiger partial charge in [0.15, 0.2) is 6.61 Å². The number of benzene rings is 3. The third-order valence-electron chi connectivity index (χ3n) is 4.42. The van der Waals surface area contributed by atoms with Crippen LogP contribution in [-0.4, -0.2) is 33.2 Å². The van der Waals surface area contributed by atoms with Gasteiger partial charge in [0, 0.05) is 24.2 Å². The average molecular weight is 473 g/mol. The molecule has 1 atom stereocenters. The first kappa shape index (κ1) is 23.4. The van der Waals surface area contributed by atoms with E-state index in [0.29, 0.717) is 21.0 Å². The number of hydrogen-bond acceptors (Lipinski definition) is 4. The van der Waals surface area contributed by atoms with E-state index in [1.807, 2.05) is 6.07 Å². The number of hydrogen-bond donors (Lipinski definition) is 1. The fraction of sp³-hybridized carbons (Fsp3) is 0.130. The van der Waals surface area contributed by atoms with Gasteiger partial charge < -0.3 is 9.84 Å². The maximum absolute atomic E-state index is 14.0. The Balaban J connectivity index is 1.95. The number of carboxylic acids is 1. The zero-order valence-electron chi connectivity index (χ0n) is 16.9. The highest BCUT2D eigenvalue weighted by Gasteiger charge is 2.15. The average Bonchev–Trinajstić information content (AvgIpc) is 2.77. The molecule has 0 amide bonds. The van der Waals surface area contributed by atoms with E-state index in [0.717, 1.165) is 11.6 Å². The van der Waals surface area contributed by atoms with Crippen LogP contribution in [0.2, 0.25) is 5.02 Å². The lowest BCUT2D eigenvalue weighted by atomic mass is 10.00. The van der Waals surface area contributed by atoms with Crippen molar-refractivity contribution in [1.82, 2.24) is 4.31 Å². The first-order valence-electron chi connectivity index (χ1n) is 9.34. The van der Waals surface area contributed by atoms with Gasteiger partial charge in [-0.25, -0.2) is 17.7 Å². The number of nitriles is 1. The highest BCUT2D eigenvalue weighted by atomic mass is 35.5. The lowest BCUT2D eigenvalue weighted by Gasteiger charge is -2.18. The number of aliphatic carboxylic acids is 1. The summed E-state index contributed by atoms with van der Waals surface area (Å²) in [4.78, 5) is 11.5.